The van der Waals surface area contributed by atoms with Gasteiger partial charge >= 0.3 is 0 Å². The van der Waals surface area contributed by atoms with Crippen LogP contribution < -0.4 is 10.1 Å². The van der Waals surface area contributed by atoms with E-state index in [0.29, 0.717) is 5.56 Å². The van der Waals surface area contributed by atoms with Crippen molar-refractivity contribution >= 4 is 11.6 Å². The SMILES string of the molecule is CCC(C)Oc1ccc(NC(=O)c2ccncc2)cc1. The second-order valence-electron chi connectivity index (χ2n) is 4.55. The van der Waals surface area contributed by atoms with Crippen molar-refractivity contribution in [3.05, 3.63) is 54.4 Å². The van der Waals surface area contributed by atoms with E-state index in [4.69, 9.17) is 4.74 Å². The van der Waals surface area contributed by atoms with Crippen molar-refractivity contribution in [3.8, 4) is 5.75 Å². The monoisotopic (exact) mass is 270 g/mol. The fourth-order valence-corrected chi connectivity index (χ4v) is 1.64. The van der Waals surface area contributed by atoms with Gasteiger partial charge in [-0.2, -0.15) is 0 Å². The predicted octanol–water partition coefficient (Wildman–Crippen LogP) is 3.51. The van der Waals surface area contributed by atoms with E-state index in [1.165, 1.54) is 0 Å². The Kier molecular flexibility index (Phi) is 4.71. The van der Waals surface area contributed by atoms with E-state index in [1.54, 1.807) is 24.5 Å². The second-order valence-corrected chi connectivity index (χ2v) is 4.55. The van der Waals surface area contributed by atoms with E-state index < -0.39 is 0 Å². The van der Waals surface area contributed by atoms with Crippen LogP contribution in [0.4, 0.5) is 5.69 Å². The Labute approximate surface area is 118 Å². The van der Waals surface area contributed by atoms with Gasteiger partial charge in [0.1, 0.15) is 5.75 Å². The smallest absolute Gasteiger partial charge is 0.255 e. The number of carbonyl (C=O) groups excluding carboxylic acids is 1. The van der Waals surface area contributed by atoms with Crippen molar-refractivity contribution in [1.29, 1.82) is 0 Å². The highest BCUT2D eigenvalue weighted by atomic mass is 16.5. The normalized spacial score (nSPS) is 11.7. The molecule has 0 saturated carbocycles. The second kappa shape index (κ2) is 6.70. The molecule has 2 rings (SSSR count). The van der Waals surface area contributed by atoms with Gasteiger partial charge in [0.2, 0.25) is 0 Å². The van der Waals surface area contributed by atoms with E-state index >= 15 is 0 Å². The molecule has 20 heavy (non-hydrogen) atoms. The minimum atomic E-state index is -0.150. The van der Waals surface area contributed by atoms with Crippen molar-refractivity contribution in [2.45, 2.75) is 26.4 Å². The molecule has 1 aromatic heterocycles. The standard InChI is InChI=1S/C16H18N2O2/c1-3-12(2)20-15-6-4-14(5-7-15)18-16(19)13-8-10-17-11-9-13/h4-12H,3H2,1-2H3,(H,18,19). The molecule has 0 bridgehead atoms. The molecule has 1 unspecified atom stereocenters. The van der Waals surface area contributed by atoms with Crippen LogP contribution in [0.2, 0.25) is 0 Å². The highest BCUT2D eigenvalue weighted by molar-refractivity contribution is 6.04. The van der Waals surface area contributed by atoms with Crippen molar-refractivity contribution < 1.29 is 9.53 Å². The predicted molar refractivity (Wildman–Crippen MR) is 79.0 cm³/mol. The number of nitrogens with one attached hydrogen (secondary N) is 1. The zero-order valence-electron chi connectivity index (χ0n) is 11.7. The summed E-state index contributed by atoms with van der Waals surface area (Å²) >= 11 is 0. The fraction of sp³-hybridized carbons (Fsp3) is 0.250. The highest BCUT2D eigenvalue weighted by Gasteiger charge is 2.06. The molecule has 1 atom stereocenters. The lowest BCUT2D eigenvalue weighted by molar-refractivity contribution is 0.102. The summed E-state index contributed by atoms with van der Waals surface area (Å²) in [6.45, 7) is 4.10. The number of rotatable bonds is 5. The minimum absolute atomic E-state index is 0.150. The van der Waals surface area contributed by atoms with Crippen LogP contribution >= 0.6 is 0 Å². The van der Waals surface area contributed by atoms with Crippen molar-refractivity contribution in [2.75, 3.05) is 5.32 Å². The van der Waals surface area contributed by atoms with Crippen LogP contribution in [0, 0.1) is 0 Å². The molecule has 4 heteroatoms. The Morgan fingerprint density at radius 1 is 1.20 bits per heavy atom. The Morgan fingerprint density at radius 3 is 2.45 bits per heavy atom. The third kappa shape index (κ3) is 3.82. The molecule has 0 spiro atoms. The van der Waals surface area contributed by atoms with Gasteiger partial charge < -0.3 is 10.1 Å². The van der Waals surface area contributed by atoms with Gasteiger partial charge in [-0.3, -0.25) is 9.78 Å². The van der Waals surface area contributed by atoms with Gasteiger partial charge in [0.25, 0.3) is 5.91 Å². The van der Waals surface area contributed by atoms with E-state index in [1.807, 2.05) is 31.2 Å². The first-order chi connectivity index (χ1) is 9.69. The average Bonchev–Trinajstić information content (AvgIpc) is 2.50. The summed E-state index contributed by atoms with van der Waals surface area (Å²) in [5.41, 5.74) is 1.32. The Balaban J connectivity index is 1.99. The molecular formula is C16H18N2O2. The number of benzene rings is 1. The number of hydrogen-bond donors (Lipinski definition) is 1. The maximum absolute atomic E-state index is 12.0. The summed E-state index contributed by atoms with van der Waals surface area (Å²) in [6.07, 6.45) is 4.34. The largest absolute Gasteiger partial charge is 0.491 e. The van der Waals surface area contributed by atoms with Crippen LogP contribution in [-0.2, 0) is 0 Å². The summed E-state index contributed by atoms with van der Waals surface area (Å²) in [5.74, 6) is 0.657. The lowest BCUT2D eigenvalue weighted by Crippen LogP contribution is -2.12. The highest BCUT2D eigenvalue weighted by Crippen LogP contribution is 2.18. The average molecular weight is 270 g/mol. The zero-order valence-corrected chi connectivity index (χ0v) is 11.7. The molecule has 0 aliphatic rings. The summed E-state index contributed by atoms with van der Waals surface area (Å²) in [6, 6.07) is 10.7. The lowest BCUT2D eigenvalue weighted by Gasteiger charge is -2.13. The van der Waals surface area contributed by atoms with Gasteiger partial charge in [-0.1, -0.05) is 6.92 Å². The van der Waals surface area contributed by atoms with E-state index in [9.17, 15) is 4.79 Å². The number of pyridine rings is 1. The summed E-state index contributed by atoms with van der Waals surface area (Å²) in [5, 5.41) is 2.83. The fourth-order valence-electron chi connectivity index (χ4n) is 1.64. The molecular weight excluding hydrogens is 252 g/mol. The molecule has 2 aromatic rings. The van der Waals surface area contributed by atoms with Gasteiger partial charge in [0, 0.05) is 23.6 Å². The molecule has 1 amide bonds. The first kappa shape index (κ1) is 14.1. The van der Waals surface area contributed by atoms with Crippen LogP contribution in [0.5, 0.6) is 5.75 Å². The molecule has 0 radical (unpaired) electrons. The maximum atomic E-state index is 12.0. The molecule has 0 fully saturated rings. The minimum Gasteiger partial charge on any atom is -0.491 e. The van der Waals surface area contributed by atoms with Gasteiger partial charge in [0.15, 0.2) is 0 Å². The third-order valence-electron chi connectivity index (χ3n) is 2.97. The molecule has 1 aromatic carbocycles. The molecule has 0 saturated heterocycles. The van der Waals surface area contributed by atoms with Crippen LogP contribution in [0.3, 0.4) is 0 Å². The van der Waals surface area contributed by atoms with Gasteiger partial charge in [0.05, 0.1) is 6.10 Å². The van der Waals surface area contributed by atoms with E-state index in [-0.39, 0.29) is 12.0 Å². The van der Waals surface area contributed by atoms with Gasteiger partial charge in [-0.25, -0.2) is 0 Å². The van der Waals surface area contributed by atoms with Gasteiger partial charge in [-0.15, -0.1) is 0 Å². The Hall–Kier alpha value is -2.36. The number of carbonyl (C=O) groups is 1. The third-order valence-corrected chi connectivity index (χ3v) is 2.97. The quantitative estimate of drug-likeness (QED) is 0.904. The van der Waals surface area contributed by atoms with E-state index in [0.717, 1.165) is 17.9 Å². The lowest BCUT2D eigenvalue weighted by atomic mass is 10.2. The Morgan fingerprint density at radius 2 is 1.85 bits per heavy atom. The number of anilines is 1. The summed E-state index contributed by atoms with van der Waals surface area (Å²) in [7, 11) is 0. The molecule has 0 aliphatic heterocycles. The summed E-state index contributed by atoms with van der Waals surface area (Å²) in [4.78, 5) is 15.8. The zero-order chi connectivity index (χ0) is 14.4. The molecule has 1 N–H and O–H groups in total. The Bertz CT molecular complexity index is 552. The number of amides is 1. The molecule has 0 aliphatic carbocycles. The molecule has 4 nitrogen and oxygen atoms in total. The first-order valence-corrected chi connectivity index (χ1v) is 6.67. The molecule has 104 valence electrons. The van der Waals surface area contributed by atoms with Crippen molar-refractivity contribution in [3.63, 3.8) is 0 Å². The number of aromatic nitrogens is 1. The number of nitrogens with zero attached hydrogens (tertiary/aromatic N) is 1. The molecule has 1 heterocycles. The number of ether oxygens (including phenoxy) is 1. The summed E-state index contributed by atoms with van der Waals surface area (Å²) < 4.78 is 5.69. The van der Waals surface area contributed by atoms with Crippen molar-refractivity contribution in [2.24, 2.45) is 0 Å². The van der Waals surface area contributed by atoms with Gasteiger partial charge in [-0.05, 0) is 49.7 Å². The van der Waals surface area contributed by atoms with Crippen molar-refractivity contribution in [1.82, 2.24) is 4.98 Å². The van der Waals surface area contributed by atoms with Crippen LogP contribution in [-0.4, -0.2) is 17.0 Å². The van der Waals surface area contributed by atoms with Crippen LogP contribution in [0.1, 0.15) is 30.6 Å². The van der Waals surface area contributed by atoms with Crippen LogP contribution in [0.15, 0.2) is 48.8 Å². The maximum Gasteiger partial charge on any atom is 0.255 e. The topological polar surface area (TPSA) is 51.2 Å². The first-order valence-electron chi connectivity index (χ1n) is 6.67. The number of hydrogen-bond acceptors (Lipinski definition) is 3. The van der Waals surface area contributed by atoms with E-state index in [2.05, 4.69) is 17.2 Å². The van der Waals surface area contributed by atoms with Crippen LogP contribution in [0.25, 0.3) is 0 Å².